The number of nitrogens with one attached hydrogen (secondary N) is 2. The first kappa shape index (κ1) is 22.7. The van der Waals surface area contributed by atoms with Crippen LogP contribution in [0.4, 0.5) is 13.2 Å². The van der Waals surface area contributed by atoms with Gasteiger partial charge in [0, 0.05) is 27.2 Å². The average Bonchev–Trinajstić information content (AvgIpc) is 2.69. The largest absolute Gasteiger partial charge is 0.411 e. The van der Waals surface area contributed by atoms with Crippen LogP contribution in [0.2, 0.25) is 0 Å². The molecule has 0 heterocycles. The van der Waals surface area contributed by atoms with Crippen LogP contribution < -0.4 is 10.6 Å². The van der Waals surface area contributed by atoms with Gasteiger partial charge in [-0.2, -0.15) is 13.2 Å². The maximum Gasteiger partial charge on any atom is 0.411 e. The van der Waals surface area contributed by atoms with Crippen LogP contribution in [0, 0.1) is 0 Å². The molecule has 158 valence electrons. The van der Waals surface area contributed by atoms with Crippen molar-refractivity contribution in [1.82, 2.24) is 10.6 Å². The molecule has 0 amide bonds. The van der Waals surface area contributed by atoms with Crippen molar-refractivity contribution in [3.63, 3.8) is 0 Å². The minimum atomic E-state index is -4.31. The highest BCUT2D eigenvalue weighted by molar-refractivity contribution is 5.79. The molecule has 0 aromatic heterocycles. The summed E-state index contributed by atoms with van der Waals surface area (Å²) in [5.74, 6) is 0.648. The number of methoxy groups -OCH3 is 1. The third-order valence-corrected chi connectivity index (χ3v) is 4.11. The highest BCUT2D eigenvalue weighted by atomic mass is 19.4. The number of ether oxygens (including phenoxy) is 2. The Labute approximate surface area is 168 Å². The smallest absolute Gasteiger partial charge is 0.380 e. The summed E-state index contributed by atoms with van der Waals surface area (Å²) < 4.78 is 46.2. The second kappa shape index (κ2) is 11.4. The summed E-state index contributed by atoms with van der Waals surface area (Å²) in [7, 11) is 3.36. The summed E-state index contributed by atoms with van der Waals surface area (Å²) in [6, 6.07) is 15.2. The number of nitrogens with zero attached hydrogens (tertiary/aromatic N) is 1. The molecule has 2 aromatic carbocycles. The molecule has 2 N–H and O–H groups in total. The summed E-state index contributed by atoms with van der Waals surface area (Å²) in [5, 5.41) is 6.48. The van der Waals surface area contributed by atoms with Crippen molar-refractivity contribution >= 4 is 5.96 Å². The van der Waals surface area contributed by atoms with Gasteiger partial charge < -0.3 is 20.1 Å². The molecule has 2 rings (SSSR count). The number of halogens is 3. The Bertz CT molecular complexity index is 777. The lowest BCUT2D eigenvalue weighted by Gasteiger charge is -2.14. The molecule has 0 aliphatic rings. The minimum absolute atomic E-state index is 0.0721. The molecule has 29 heavy (non-hydrogen) atoms. The lowest BCUT2D eigenvalue weighted by Crippen LogP contribution is -2.36. The molecule has 0 radical (unpaired) electrons. The Morgan fingerprint density at radius 2 is 1.52 bits per heavy atom. The SMILES string of the molecule is CN=C(NCc1ccc(COCC(F)(F)F)cc1)NCc1ccccc1COC. The van der Waals surface area contributed by atoms with Crippen molar-refractivity contribution in [3.05, 3.63) is 70.8 Å². The van der Waals surface area contributed by atoms with Gasteiger partial charge in [-0.1, -0.05) is 48.5 Å². The minimum Gasteiger partial charge on any atom is -0.380 e. The zero-order valence-electron chi connectivity index (χ0n) is 16.6. The van der Waals surface area contributed by atoms with E-state index in [2.05, 4.69) is 20.4 Å². The van der Waals surface area contributed by atoms with Gasteiger partial charge in [0.15, 0.2) is 5.96 Å². The van der Waals surface area contributed by atoms with Crippen molar-refractivity contribution in [1.29, 1.82) is 0 Å². The van der Waals surface area contributed by atoms with Crippen LogP contribution in [-0.4, -0.2) is 32.9 Å². The van der Waals surface area contributed by atoms with Gasteiger partial charge in [-0.15, -0.1) is 0 Å². The number of guanidine groups is 1. The zero-order chi connectivity index (χ0) is 21.1. The molecule has 0 atom stereocenters. The highest BCUT2D eigenvalue weighted by Gasteiger charge is 2.27. The number of benzene rings is 2. The molecular weight excluding hydrogens is 383 g/mol. The summed E-state index contributed by atoms with van der Waals surface area (Å²) >= 11 is 0. The average molecular weight is 409 g/mol. The molecule has 0 fully saturated rings. The first-order chi connectivity index (χ1) is 13.9. The van der Waals surface area contributed by atoms with E-state index >= 15 is 0 Å². The molecule has 5 nitrogen and oxygen atoms in total. The van der Waals surface area contributed by atoms with Gasteiger partial charge in [0.05, 0.1) is 13.2 Å². The van der Waals surface area contributed by atoms with Crippen LogP contribution in [0.5, 0.6) is 0 Å². The summed E-state index contributed by atoms with van der Waals surface area (Å²) in [4.78, 5) is 4.21. The molecule has 0 bridgehead atoms. The summed E-state index contributed by atoms with van der Waals surface area (Å²) in [6.45, 7) is 0.365. The molecule has 2 aromatic rings. The van der Waals surface area contributed by atoms with Gasteiger partial charge in [0.2, 0.25) is 0 Å². The second-order valence-corrected chi connectivity index (χ2v) is 6.41. The van der Waals surface area contributed by atoms with Crippen LogP contribution in [0.15, 0.2) is 53.5 Å². The number of hydrogen-bond acceptors (Lipinski definition) is 3. The molecular formula is C21H26F3N3O2. The van der Waals surface area contributed by atoms with E-state index in [0.717, 1.165) is 16.7 Å². The molecule has 0 aliphatic carbocycles. The Balaban J connectivity index is 1.80. The normalized spacial score (nSPS) is 12.1. The van der Waals surface area contributed by atoms with Gasteiger partial charge in [0.25, 0.3) is 0 Å². The van der Waals surface area contributed by atoms with Crippen LogP contribution in [0.3, 0.4) is 0 Å². The molecule has 0 spiro atoms. The molecule has 0 unspecified atom stereocenters. The zero-order valence-corrected chi connectivity index (χ0v) is 16.6. The van der Waals surface area contributed by atoms with E-state index in [-0.39, 0.29) is 6.61 Å². The van der Waals surface area contributed by atoms with Crippen molar-refractivity contribution in [2.24, 2.45) is 4.99 Å². The van der Waals surface area contributed by atoms with Gasteiger partial charge in [-0.05, 0) is 22.3 Å². The molecule has 0 aliphatic heterocycles. The second-order valence-electron chi connectivity index (χ2n) is 6.41. The number of aliphatic imine (C=N–C) groups is 1. The van der Waals surface area contributed by atoms with Gasteiger partial charge in [0.1, 0.15) is 6.61 Å². The monoisotopic (exact) mass is 409 g/mol. The Morgan fingerprint density at radius 1 is 0.897 bits per heavy atom. The maximum atomic E-state index is 12.1. The Morgan fingerprint density at radius 3 is 2.14 bits per heavy atom. The summed E-state index contributed by atoms with van der Waals surface area (Å²) in [5.41, 5.74) is 3.91. The standard InChI is InChI=1S/C21H26F3N3O2/c1-25-20(27-12-18-5-3-4-6-19(18)14-28-2)26-11-16-7-9-17(10-8-16)13-29-15-21(22,23)24/h3-10H,11-15H2,1-2H3,(H2,25,26,27). The van der Waals surface area contributed by atoms with Crippen molar-refractivity contribution < 1.29 is 22.6 Å². The van der Waals surface area contributed by atoms with E-state index in [1.807, 2.05) is 36.4 Å². The van der Waals surface area contributed by atoms with Crippen molar-refractivity contribution in [2.45, 2.75) is 32.5 Å². The number of rotatable bonds is 9. The van der Waals surface area contributed by atoms with E-state index in [0.29, 0.717) is 31.2 Å². The third-order valence-electron chi connectivity index (χ3n) is 4.11. The fourth-order valence-electron chi connectivity index (χ4n) is 2.65. The summed E-state index contributed by atoms with van der Waals surface area (Å²) in [6.07, 6.45) is -4.31. The number of hydrogen-bond donors (Lipinski definition) is 2. The van der Waals surface area contributed by atoms with Crippen LogP contribution in [0.1, 0.15) is 22.3 Å². The predicted octanol–water partition coefficient (Wildman–Crippen LogP) is 3.78. The Hall–Kier alpha value is -2.58. The van der Waals surface area contributed by atoms with E-state index < -0.39 is 12.8 Å². The predicted molar refractivity (Wildman–Crippen MR) is 106 cm³/mol. The van der Waals surface area contributed by atoms with Crippen molar-refractivity contribution in [3.8, 4) is 0 Å². The highest BCUT2D eigenvalue weighted by Crippen LogP contribution is 2.16. The first-order valence-corrected chi connectivity index (χ1v) is 9.14. The lowest BCUT2D eigenvalue weighted by molar-refractivity contribution is -0.176. The van der Waals surface area contributed by atoms with E-state index in [1.165, 1.54) is 0 Å². The molecule has 0 saturated heterocycles. The third kappa shape index (κ3) is 8.53. The molecule has 0 saturated carbocycles. The first-order valence-electron chi connectivity index (χ1n) is 9.14. The van der Waals surface area contributed by atoms with Crippen LogP contribution >= 0.6 is 0 Å². The maximum absolute atomic E-state index is 12.1. The van der Waals surface area contributed by atoms with Crippen LogP contribution in [0.25, 0.3) is 0 Å². The molecule has 8 heteroatoms. The van der Waals surface area contributed by atoms with Crippen LogP contribution in [-0.2, 0) is 35.8 Å². The topological polar surface area (TPSA) is 54.9 Å². The van der Waals surface area contributed by atoms with Gasteiger partial charge >= 0.3 is 6.18 Å². The van der Waals surface area contributed by atoms with Gasteiger partial charge in [-0.25, -0.2) is 0 Å². The van der Waals surface area contributed by atoms with Crippen molar-refractivity contribution in [2.75, 3.05) is 20.8 Å². The fourth-order valence-corrected chi connectivity index (χ4v) is 2.65. The van der Waals surface area contributed by atoms with E-state index in [4.69, 9.17) is 4.74 Å². The van der Waals surface area contributed by atoms with Gasteiger partial charge in [-0.3, -0.25) is 4.99 Å². The lowest BCUT2D eigenvalue weighted by atomic mass is 10.1. The van der Waals surface area contributed by atoms with E-state index in [9.17, 15) is 13.2 Å². The quantitative estimate of drug-likeness (QED) is 0.489. The Kier molecular flexibility index (Phi) is 8.95. The van der Waals surface area contributed by atoms with E-state index in [1.54, 1.807) is 26.3 Å². The number of alkyl halides is 3. The fraction of sp³-hybridized carbons (Fsp3) is 0.381.